The van der Waals surface area contributed by atoms with Gasteiger partial charge in [-0.3, -0.25) is 4.72 Å². The number of sulfonamides is 1. The molecule has 1 aromatic carbocycles. The summed E-state index contributed by atoms with van der Waals surface area (Å²) in [5.74, 6) is 0.0985. The van der Waals surface area contributed by atoms with E-state index in [1.54, 1.807) is 18.2 Å². The summed E-state index contributed by atoms with van der Waals surface area (Å²) in [4.78, 5) is 0. The standard InChI is InChI=1S/C9H12N4O2S/c1-2-6-16(14,15)12-8-5-3-4-7-9(8)11-13-10-7/h3-5,12H,2,6H2,1H3,(H,10,11,13). The van der Waals surface area contributed by atoms with E-state index in [0.717, 1.165) is 0 Å². The van der Waals surface area contributed by atoms with E-state index in [1.807, 2.05) is 6.92 Å². The number of fused-ring (bicyclic) bond motifs is 1. The first-order valence-electron chi connectivity index (χ1n) is 4.92. The van der Waals surface area contributed by atoms with Gasteiger partial charge in [0.15, 0.2) is 0 Å². The summed E-state index contributed by atoms with van der Waals surface area (Å²) < 4.78 is 25.7. The Morgan fingerprint density at radius 3 is 2.94 bits per heavy atom. The third kappa shape index (κ3) is 2.13. The molecule has 0 unspecified atom stereocenters. The lowest BCUT2D eigenvalue weighted by molar-refractivity contribution is 0.600. The highest BCUT2D eigenvalue weighted by Gasteiger charge is 2.12. The van der Waals surface area contributed by atoms with Gasteiger partial charge in [0.2, 0.25) is 10.0 Å². The van der Waals surface area contributed by atoms with Gasteiger partial charge < -0.3 is 0 Å². The van der Waals surface area contributed by atoms with Gasteiger partial charge in [-0.25, -0.2) is 8.42 Å². The van der Waals surface area contributed by atoms with Crippen molar-refractivity contribution in [2.24, 2.45) is 0 Å². The number of para-hydroxylation sites is 1. The molecule has 0 saturated heterocycles. The maximum Gasteiger partial charge on any atom is 0.232 e. The molecule has 16 heavy (non-hydrogen) atoms. The minimum atomic E-state index is -3.29. The molecule has 7 heteroatoms. The average Bonchev–Trinajstić information content (AvgIpc) is 2.65. The molecule has 0 aliphatic carbocycles. The van der Waals surface area contributed by atoms with Gasteiger partial charge in [-0.1, -0.05) is 13.0 Å². The number of hydrogen-bond acceptors (Lipinski definition) is 4. The molecule has 0 saturated carbocycles. The van der Waals surface area contributed by atoms with Crippen LogP contribution in [-0.4, -0.2) is 29.6 Å². The number of aromatic amines is 1. The summed E-state index contributed by atoms with van der Waals surface area (Å²) in [6.45, 7) is 1.82. The third-order valence-electron chi connectivity index (χ3n) is 2.09. The SMILES string of the molecule is CCCS(=O)(=O)Nc1cccc2n[nH]nc12. The number of nitrogens with zero attached hydrogens (tertiary/aromatic N) is 2. The van der Waals surface area contributed by atoms with E-state index in [-0.39, 0.29) is 5.75 Å². The predicted molar refractivity (Wildman–Crippen MR) is 61.6 cm³/mol. The van der Waals surface area contributed by atoms with Crippen LogP contribution in [0.25, 0.3) is 11.0 Å². The minimum Gasteiger partial charge on any atom is -0.281 e. The van der Waals surface area contributed by atoms with Crippen molar-refractivity contribution in [1.29, 1.82) is 0 Å². The smallest absolute Gasteiger partial charge is 0.232 e. The van der Waals surface area contributed by atoms with Crippen molar-refractivity contribution in [1.82, 2.24) is 15.4 Å². The number of hydrogen-bond donors (Lipinski definition) is 2. The van der Waals surface area contributed by atoms with Crippen molar-refractivity contribution < 1.29 is 8.42 Å². The first-order valence-corrected chi connectivity index (χ1v) is 6.57. The number of nitrogens with one attached hydrogen (secondary N) is 2. The second kappa shape index (κ2) is 4.09. The molecule has 6 nitrogen and oxygen atoms in total. The predicted octanol–water partition coefficient (Wildman–Crippen LogP) is 1.11. The molecule has 0 fully saturated rings. The number of benzene rings is 1. The summed E-state index contributed by atoms with van der Waals surface area (Å²) in [5.41, 5.74) is 1.62. The van der Waals surface area contributed by atoms with Crippen LogP contribution in [0.1, 0.15) is 13.3 Å². The monoisotopic (exact) mass is 240 g/mol. The van der Waals surface area contributed by atoms with Gasteiger partial charge in [0, 0.05) is 0 Å². The van der Waals surface area contributed by atoms with E-state index in [1.165, 1.54) is 0 Å². The fraction of sp³-hybridized carbons (Fsp3) is 0.333. The van der Waals surface area contributed by atoms with Crippen LogP contribution in [0.5, 0.6) is 0 Å². The van der Waals surface area contributed by atoms with Crippen molar-refractivity contribution >= 4 is 26.7 Å². The molecule has 1 heterocycles. The van der Waals surface area contributed by atoms with E-state index < -0.39 is 10.0 Å². The van der Waals surface area contributed by atoms with Crippen LogP contribution < -0.4 is 4.72 Å². The molecule has 0 atom stereocenters. The van der Waals surface area contributed by atoms with Gasteiger partial charge in [0.05, 0.1) is 11.4 Å². The molecule has 2 rings (SSSR count). The Labute approximate surface area is 93.1 Å². The minimum absolute atomic E-state index is 0.0985. The Balaban J connectivity index is 2.38. The maximum atomic E-state index is 11.6. The van der Waals surface area contributed by atoms with Gasteiger partial charge >= 0.3 is 0 Å². The lowest BCUT2D eigenvalue weighted by Crippen LogP contribution is -2.16. The topological polar surface area (TPSA) is 87.7 Å². The summed E-state index contributed by atoms with van der Waals surface area (Å²) in [6, 6.07) is 5.16. The largest absolute Gasteiger partial charge is 0.281 e. The van der Waals surface area contributed by atoms with E-state index in [9.17, 15) is 8.42 Å². The fourth-order valence-corrected chi connectivity index (χ4v) is 2.58. The first-order chi connectivity index (χ1) is 7.62. The quantitative estimate of drug-likeness (QED) is 0.838. The Hall–Kier alpha value is -1.63. The van der Waals surface area contributed by atoms with Crippen molar-refractivity contribution in [2.75, 3.05) is 10.5 Å². The lowest BCUT2D eigenvalue weighted by Gasteiger charge is -2.06. The second-order valence-corrected chi connectivity index (χ2v) is 5.26. The Kier molecular flexibility index (Phi) is 2.78. The van der Waals surface area contributed by atoms with Crippen LogP contribution in [-0.2, 0) is 10.0 Å². The highest BCUT2D eigenvalue weighted by molar-refractivity contribution is 7.92. The molecule has 0 aliphatic heterocycles. The molecular weight excluding hydrogens is 228 g/mol. The zero-order valence-corrected chi connectivity index (χ0v) is 9.58. The van der Waals surface area contributed by atoms with Crippen molar-refractivity contribution in [3.8, 4) is 0 Å². The van der Waals surface area contributed by atoms with Crippen LogP contribution in [0.4, 0.5) is 5.69 Å². The third-order valence-corrected chi connectivity index (χ3v) is 3.56. The van der Waals surface area contributed by atoms with E-state index >= 15 is 0 Å². The number of H-pyrrole nitrogens is 1. The fourth-order valence-electron chi connectivity index (χ4n) is 1.44. The van der Waals surface area contributed by atoms with Crippen LogP contribution in [0, 0.1) is 0 Å². The highest BCUT2D eigenvalue weighted by atomic mass is 32.2. The molecule has 0 spiro atoms. The van der Waals surface area contributed by atoms with Crippen LogP contribution >= 0.6 is 0 Å². The molecule has 86 valence electrons. The normalized spacial score (nSPS) is 11.8. The van der Waals surface area contributed by atoms with Gasteiger partial charge in [-0.05, 0) is 18.6 Å². The molecule has 0 amide bonds. The molecule has 0 radical (unpaired) electrons. The first kappa shape index (κ1) is 10.9. The maximum absolute atomic E-state index is 11.6. The van der Waals surface area contributed by atoms with E-state index in [2.05, 4.69) is 20.1 Å². The lowest BCUT2D eigenvalue weighted by atomic mass is 10.3. The van der Waals surface area contributed by atoms with Crippen molar-refractivity contribution in [2.45, 2.75) is 13.3 Å². The molecular formula is C9H12N4O2S. The Morgan fingerprint density at radius 2 is 2.19 bits per heavy atom. The summed E-state index contributed by atoms with van der Waals surface area (Å²) in [6.07, 6.45) is 0.574. The molecule has 0 aliphatic rings. The van der Waals surface area contributed by atoms with E-state index in [4.69, 9.17) is 0 Å². The summed E-state index contributed by atoms with van der Waals surface area (Å²) in [7, 11) is -3.29. The zero-order valence-electron chi connectivity index (χ0n) is 8.77. The number of rotatable bonds is 4. The number of aromatic nitrogens is 3. The Bertz CT molecular complexity index is 590. The zero-order chi connectivity index (χ0) is 11.6. The molecule has 2 N–H and O–H groups in total. The highest BCUT2D eigenvalue weighted by Crippen LogP contribution is 2.19. The van der Waals surface area contributed by atoms with E-state index in [0.29, 0.717) is 23.1 Å². The van der Waals surface area contributed by atoms with Gasteiger partial charge in [-0.2, -0.15) is 15.4 Å². The van der Waals surface area contributed by atoms with Gasteiger partial charge in [-0.15, -0.1) is 0 Å². The van der Waals surface area contributed by atoms with Crippen molar-refractivity contribution in [3.05, 3.63) is 18.2 Å². The van der Waals surface area contributed by atoms with Crippen molar-refractivity contribution in [3.63, 3.8) is 0 Å². The van der Waals surface area contributed by atoms with Gasteiger partial charge in [0.25, 0.3) is 0 Å². The summed E-state index contributed by atoms with van der Waals surface area (Å²) in [5, 5.41) is 10.2. The molecule has 0 bridgehead atoms. The van der Waals surface area contributed by atoms with Crippen LogP contribution in [0.15, 0.2) is 18.2 Å². The number of anilines is 1. The van der Waals surface area contributed by atoms with Crippen LogP contribution in [0.2, 0.25) is 0 Å². The second-order valence-electron chi connectivity index (χ2n) is 3.42. The van der Waals surface area contributed by atoms with Gasteiger partial charge in [0.1, 0.15) is 11.0 Å². The average molecular weight is 240 g/mol. The molecule has 1 aromatic heterocycles. The van der Waals surface area contributed by atoms with Crippen LogP contribution in [0.3, 0.4) is 0 Å². The molecule has 2 aromatic rings. The Morgan fingerprint density at radius 1 is 1.38 bits per heavy atom. The summed E-state index contributed by atoms with van der Waals surface area (Å²) >= 11 is 0.